The van der Waals surface area contributed by atoms with Crippen LogP contribution in [0.3, 0.4) is 0 Å². The van der Waals surface area contributed by atoms with E-state index in [4.69, 9.17) is 69.2 Å². The number of aromatic nitrogens is 6. The molecule has 0 unspecified atom stereocenters. The summed E-state index contributed by atoms with van der Waals surface area (Å²) in [5.74, 6) is 2.81. The van der Waals surface area contributed by atoms with Gasteiger partial charge in [-0.15, -0.1) is 29.3 Å². The molecular formula is C40H48Cl3N8NaO5S2. The van der Waals surface area contributed by atoms with Gasteiger partial charge < -0.3 is 34.2 Å². The maximum absolute atomic E-state index is 8.93. The van der Waals surface area contributed by atoms with E-state index in [0.29, 0.717) is 17.6 Å². The van der Waals surface area contributed by atoms with Gasteiger partial charge in [0.1, 0.15) is 26.0 Å². The molecule has 0 atom stereocenters. The summed E-state index contributed by atoms with van der Waals surface area (Å²) in [7, 11) is 0. The molecule has 2 aliphatic carbocycles. The molecule has 0 saturated carbocycles. The Bertz CT molecular complexity index is 2370. The van der Waals surface area contributed by atoms with E-state index in [1.54, 1.807) is 36.5 Å². The van der Waals surface area contributed by atoms with Crippen molar-refractivity contribution in [2.75, 3.05) is 82.2 Å². The standard InChI is InChI=1S/C19H21ClN4O2S.C17H16Cl2N4OS.C2H6O.C2H5O.Na/c1-2-26-17-15-14(21-19(20)23-17)13-11-5-3-4-6-12(11)16(22-18(13)27-15)24-7-9-25-10-8-24;18-14-13-12(20-17(19)21-14)11-9-3-1-2-4-10(9)15(22-16(11)25-13)23-5-7-24-8-6-23;2*1-2-3;/h2-10H2,1H3;1-8H2;3H,2H2,1H3;2H2,1H3;/q;;;-1;+1. The minimum absolute atomic E-state index is 0. The average molecular weight is 914 g/mol. The fourth-order valence-electron chi connectivity index (χ4n) is 8.01. The number of hydrogen-bond donors (Lipinski definition) is 1. The largest absolute Gasteiger partial charge is 1.00 e. The van der Waals surface area contributed by atoms with Crippen LogP contribution >= 0.6 is 57.5 Å². The molecule has 2 saturated heterocycles. The van der Waals surface area contributed by atoms with Crippen molar-refractivity contribution in [1.82, 2.24) is 29.9 Å². The smallest absolute Gasteiger partial charge is 0.855 e. The maximum atomic E-state index is 8.93. The van der Waals surface area contributed by atoms with E-state index in [0.717, 1.165) is 131 Å². The van der Waals surface area contributed by atoms with Gasteiger partial charge in [-0.05, 0) is 111 Å². The number of ether oxygens (including phenoxy) is 3. The van der Waals surface area contributed by atoms with E-state index < -0.39 is 0 Å². The van der Waals surface area contributed by atoms with Crippen LogP contribution in [0.2, 0.25) is 15.7 Å². The zero-order valence-electron chi connectivity index (χ0n) is 34.0. The minimum atomic E-state index is 0. The second-order valence-electron chi connectivity index (χ2n) is 13.9. The quantitative estimate of drug-likeness (QED) is 0.149. The molecule has 13 nitrogen and oxygen atoms in total. The molecule has 10 rings (SSSR count). The van der Waals surface area contributed by atoms with Gasteiger partial charge >= 0.3 is 29.6 Å². The molecule has 0 aromatic carbocycles. The number of aryl methyl sites for hydroxylation is 2. The fourth-order valence-corrected chi connectivity index (χ4v) is 10.8. The van der Waals surface area contributed by atoms with Crippen LogP contribution in [0.25, 0.3) is 40.9 Å². The Hall–Kier alpha value is -1.99. The molecule has 6 aromatic rings. The summed E-state index contributed by atoms with van der Waals surface area (Å²) < 4.78 is 18.6. The number of rotatable bonds is 4. The van der Waals surface area contributed by atoms with Gasteiger partial charge in [0.05, 0.1) is 48.8 Å². The van der Waals surface area contributed by atoms with Crippen LogP contribution in [0.4, 0.5) is 11.6 Å². The van der Waals surface area contributed by atoms with Gasteiger partial charge in [-0.1, -0.05) is 18.5 Å². The summed E-state index contributed by atoms with van der Waals surface area (Å²) in [5, 5.41) is 19.6. The monoisotopic (exact) mass is 912 g/mol. The van der Waals surface area contributed by atoms with Crippen LogP contribution in [0.15, 0.2) is 0 Å². The molecule has 2 fully saturated rings. The number of anilines is 2. The molecule has 4 aliphatic rings. The van der Waals surface area contributed by atoms with Gasteiger partial charge in [0, 0.05) is 43.6 Å². The van der Waals surface area contributed by atoms with E-state index >= 15 is 0 Å². The first kappa shape index (κ1) is 46.5. The summed E-state index contributed by atoms with van der Waals surface area (Å²) in [6.45, 7) is 12.6. The van der Waals surface area contributed by atoms with Gasteiger partial charge in [0.25, 0.3) is 0 Å². The van der Waals surface area contributed by atoms with Gasteiger partial charge in [-0.25, -0.2) is 24.9 Å². The molecule has 1 N–H and O–H groups in total. The molecule has 312 valence electrons. The van der Waals surface area contributed by atoms with Crippen molar-refractivity contribution in [3.63, 3.8) is 0 Å². The predicted octanol–water partition coefficient (Wildman–Crippen LogP) is 4.64. The van der Waals surface area contributed by atoms with Gasteiger partial charge in [-0.3, -0.25) is 0 Å². The summed E-state index contributed by atoms with van der Waals surface area (Å²) in [5.41, 5.74) is 7.24. The van der Waals surface area contributed by atoms with Crippen LogP contribution in [-0.2, 0) is 35.2 Å². The van der Waals surface area contributed by atoms with Crippen LogP contribution in [-0.4, -0.2) is 107 Å². The van der Waals surface area contributed by atoms with Gasteiger partial charge in [-0.2, -0.15) is 4.98 Å². The van der Waals surface area contributed by atoms with E-state index in [1.165, 1.54) is 47.9 Å². The Morgan fingerprint density at radius 2 is 1.05 bits per heavy atom. The van der Waals surface area contributed by atoms with E-state index in [1.807, 2.05) is 6.92 Å². The van der Waals surface area contributed by atoms with Gasteiger partial charge in [0.2, 0.25) is 16.4 Å². The van der Waals surface area contributed by atoms with E-state index in [9.17, 15) is 0 Å². The summed E-state index contributed by atoms with van der Waals surface area (Å²) >= 11 is 21.8. The third-order valence-corrected chi connectivity index (χ3v) is 13.2. The van der Waals surface area contributed by atoms with Gasteiger partial charge in [0.15, 0.2) is 5.15 Å². The van der Waals surface area contributed by atoms with E-state index in [2.05, 4.69) is 29.7 Å². The summed E-state index contributed by atoms with van der Waals surface area (Å²) in [6.07, 6.45) is 9.05. The Morgan fingerprint density at radius 3 is 1.51 bits per heavy atom. The van der Waals surface area contributed by atoms with E-state index in [-0.39, 0.29) is 53.3 Å². The van der Waals surface area contributed by atoms with Crippen molar-refractivity contribution in [1.29, 1.82) is 0 Å². The molecule has 6 aromatic heterocycles. The van der Waals surface area contributed by atoms with Crippen molar-refractivity contribution in [3.05, 3.63) is 38.0 Å². The number of pyridine rings is 2. The first-order valence-electron chi connectivity index (χ1n) is 20.1. The number of morpholine rings is 2. The predicted molar refractivity (Wildman–Crippen MR) is 234 cm³/mol. The maximum Gasteiger partial charge on any atom is 1.00 e. The first-order valence-corrected chi connectivity index (χ1v) is 22.8. The SMILES string of the molecule is CCO.CCOc1nc(Cl)nc2c1sc1nc(N3CCOCC3)c3c(c12)CCCC3.CC[O-].Clc1nc(Cl)c2sc3nc(N4CCOCC4)c4c(c3c2n1)CCCC4.[Na+]. The summed E-state index contributed by atoms with van der Waals surface area (Å²) in [6, 6.07) is 0. The van der Waals surface area contributed by atoms with Crippen molar-refractivity contribution >= 4 is 110 Å². The number of aliphatic hydroxyl groups excluding tert-OH is 1. The van der Waals surface area contributed by atoms with Crippen LogP contribution in [0.5, 0.6) is 5.88 Å². The first-order chi connectivity index (χ1) is 28.3. The topological polar surface area (TPSA) is 155 Å². The second-order valence-corrected chi connectivity index (χ2v) is 17.0. The number of halogens is 3. The molecule has 2 aliphatic heterocycles. The zero-order valence-corrected chi connectivity index (χ0v) is 39.9. The number of hydrogen-bond acceptors (Lipinski definition) is 15. The minimum Gasteiger partial charge on any atom is -0.855 e. The second kappa shape index (κ2) is 21.9. The Kier molecular flexibility index (Phi) is 17.3. The zero-order chi connectivity index (χ0) is 40.8. The fraction of sp³-hybridized carbons (Fsp3) is 0.550. The average Bonchev–Trinajstić information content (AvgIpc) is 3.81. The Labute approximate surface area is 389 Å². The third-order valence-electron chi connectivity index (χ3n) is 10.3. The molecule has 0 radical (unpaired) electrons. The molecule has 59 heavy (non-hydrogen) atoms. The number of thiophene rings is 2. The number of nitrogens with zero attached hydrogens (tertiary/aromatic N) is 8. The Balaban J connectivity index is 0.000000173. The Morgan fingerprint density at radius 1 is 0.644 bits per heavy atom. The van der Waals surface area contributed by atoms with Crippen molar-refractivity contribution in [2.24, 2.45) is 0 Å². The molecular weight excluding hydrogens is 866 g/mol. The molecule has 19 heteroatoms. The van der Waals surface area contributed by atoms with Crippen LogP contribution < -0.4 is 49.2 Å². The molecule has 0 bridgehead atoms. The molecule has 8 heterocycles. The molecule has 0 spiro atoms. The number of aliphatic hydroxyl groups is 1. The van der Waals surface area contributed by atoms with Crippen LogP contribution in [0.1, 0.15) is 68.7 Å². The molecule has 0 amide bonds. The normalized spacial score (nSPS) is 16.3. The summed E-state index contributed by atoms with van der Waals surface area (Å²) in [4.78, 5) is 34.3. The van der Waals surface area contributed by atoms with Crippen molar-refractivity contribution in [3.8, 4) is 5.88 Å². The van der Waals surface area contributed by atoms with Crippen LogP contribution in [0, 0.1) is 0 Å². The third kappa shape index (κ3) is 10.1. The number of fused-ring (bicyclic) bond motifs is 10. The van der Waals surface area contributed by atoms with Crippen molar-refractivity contribution < 1.29 is 54.0 Å². The van der Waals surface area contributed by atoms with Crippen molar-refractivity contribution in [2.45, 2.75) is 72.1 Å².